The first-order valence-corrected chi connectivity index (χ1v) is 5.88. The fourth-order valence-electron chi connectivity index (χ4n) is 1.43. The Balaban J connectivity index is 2.61. The van der Waals surface area contributed by atoms with Crippen molar-refractivity contribution in [3.8, 4) is 0 Å². The number of carbonyl (C=O) groups excluding carboxylic acids is 2. The van der Waals surface area contributed by atoms with Gasteiger partial charge in [-0.05, 0) is 13.8 Å². The number of hydrogen-bond donors (Lipinski definition) is 3. The van der Waals surface area contributed by atoms with E-state index < -0.39 is 17.3 Å². The molecule has 3 N–H and O–H groups in total. The third-order valence-corrected chi connectivity index (χ3v) is 2.60. The summed E-state index contributed by atoms with van der Waals surface area (Å²) in [6, 6.07) is 0. The van der Waals surface area contributed by atoms with E-state index in [4.69, 9.17) is 5.11 Å². The van der Waals surface area contributed by atoms with Gasteiger partial charge in [0.1, 0.15) is 6.54 Å². The molecule has 9 heteroatoms. The summed E-state index contributed by atoms with van der Waals surface area (Å²) in [6.07, 6.45) is 1.23. The average molecular weight is 283 g/mol. The first-order chi connectivity index (χ1) is 9.26. The van der Waals surface area contributed by atoms with Gasteiger partial charge in [-0.1, -0.05) is 5.21 Å². The van der Waals surface area contributed by atoms with Crippen LogP contribution in [0.25, 0.3) is 0 Å². The number of aliphatic carboxylic acids is 1. The maximum atomic E-state index is 11.8. The Morgan fingerprint density at radius 3 is 2.60 bits per heavy atom. The number of amides is 2. The van der Waals surface area contributed by atoms with E-state index in [1.54, 1.807) is 13.8 Å². The molecule has 0 aliphatic heterocycles. The number of carboxylic acid groups (broad SMARTS) is 1. The topological polar surface area (TPSA) is 126 Å². The van der Waals surface area contributed by atoms with E-state index in [2.05, 4.69) is 20.9 Å². The van der Waals surface area contributed by atoms with Gasteiger partial charge in [0.25, 0.3) is 5.91 Å². The highest BCUT2D eigenvalue weighted by atomic mass is 16.4. The minimum atomic E-state index is -1.08. The zero-order valence-corrected chi connectivity index (χ0v) is 11.5. The molecular formula is C11H17N5O4. The van der Waals surface area contributed by atoms with Crippen LogP contribution < -0.4 is 10.6 Å². The van der Waals surface area contributed by atoms with Crippen LogP contribution in [0.5, 0.6) is 0 Å². The Hall–Kier alpha value is -2.45. The average Bonchev–Trinajstić information content (AvgIpc) is 2.82. The van der Waals surface area contributed by atoms with Crippen molar-refractivity contribution in [3.05, 3.63) is 11.9 Å². The number of nitrogens with zero attached hydrogens (tertiary/aromatic N) is 3. The molecule has 0 bridgehead atoms. The lowest BCUT2D eigenvalue weighted by Gasteiger charge is -2.22. The summed E-state index contributed by atoms with van der Waals surface area (Å²) < 4.78 is 1.04. The van der Waals surface area contributed by atoms with E-state index in [0.717, 1.165) is 4.68 Å². The van der Waals surface area contributed by atoms with Gasteiger partial charge in [-0.3, -0.25) is 14.4 Å². The van der Waals surface area contributed by atoms with E-state index in [9.17, 15) is 14.4 Å². The molecule has 0 atom stereocenters. The van der Waals surface area contributed by atoms with Gasteiger partial charge >= 0.3 is 5.97 Å². The molecule has 1 aromatic rings. The summed E-state index contributed by atoms with van der Waals surface area (Å²) in [5.74, 6) is -1.80. The van der Waals surface area contributed by atoms with Gasteiger partial charge in [0.05, 0.1) is 11.6 Å². The normalized spacial score (nSPS) is 10.9. The number of rotatable bonds is 6. The molecule has 2 amide bonds. The molecule has 0 spiro atoms. The maximum absolute atomic E-state index is 11.8. The molecule has 0 aliphatic carbocycles. The second-order valence-corrected chi connectivity index (χ2v) is 4.84. The van der Waals surface area contributed by atoms with Gasteiger partial charge in [-0.2, -0.15) is 0 Å². The Bertz CT molecular complexity index is 523. The second-order valence-electron chi connectivity index (χ2n) is 4.84. The Morgan fingerprint density at radius 1 is 1.40 bits per heavy atom. The number of nitrogens with one attached hydrogen (secondary N) is 2. The molecule has 0 saturated carbocycles. The van der Waals surface area contributed by atoms with Crippen molar-refractivity contribution in [3.63, 3.8) is 0 Å². The first kappa shape index (κ1) is 15.6. The molecule has 0 radical (unpaired) electrons. The standard InChI is InChI=1S/C11H17N5O4/c1-11(2,10(20)12-3)6-13-9(19)7-4-16(15-14-7)5-8(17)18/h4H,5-6H2,1-3H3,(H,12,20)(H,13,19)(H,17,18). The predicted molar refractivity (Wildman–Crippen MR) is 67.8 cm³/mol. The van der Waals surface area contributed by atoms with E-state index in [1.165, 1.54) is 13.2 Å². The minimum absolute atomic E-state index is 0.000966. The van der Waals surface area contributed by atoms with Crippen molar-refractivity contribution in [2.75, 3.05) is 13.6 Å². The molecular weight excluding hydrogens is 266 g/mol. The molecule has 1 heterocycles. The van der Waals surface area contributed by atoms with Crippen molar-refractivity contribution in [1.82, 2.24) is 25.6 Å². The SMILES string of the molecule is CNC(=O)C(C)(C)CNC(=O)c1cn(CC(=O)O)nn1. The summed E-state index contributed by atoms with van der Waals surface area (Å²) in [5.41, 5.74) is -0.763. The summed E-state index contributed by atoms with van der Waals surface area (Å²) >= 11 is 0. The van der Waals surface area contributed by atoms with Crippen LogP contribution in [0.4, 0.5) is 0 Å². The van der Waals surface area contributed by atoms with Crippen molar-refractivity contribution in [2.24, 2.45) is 5.41 Å². The molecule has 0 aliphatic rings. The molecule has 0 saturated heterocycles. The molecule has 0 fully saturated rings. The monoisotopic (exact) mass is 283 g/mol. The molecule has 0 aromatic carbocycles. The number of hydrogen-bond acceptors (Lipinski definition) is 5. The minimum Gasteiger partial charge on any atom is -0.480 e. The quantitative estimate of drug-likeness (QED) is 0.606. The maximum Gasteiger partial charge on any atom is 0.325 e. The molecule has 9 nitrogen and oxygen atoms in total. The summed E-state index contributed by atoms with van der Waals surface area (Å²) in [6.45, 7) is 3.13. The highest BCUT2D eigenvalue weighted by Gasteiger charge is 2.27. The lowest BCUT2D eigenvalue weighted by atomic mass is 9.92. The van der Waals surface area contributed by atoms with Gasteiger partial charge in [-0.15, -0.1) is 5.10 Å². The van der Waals surface area contributed by atoms with Crippen LogP contribution in [-0.4, -0.2) is 51.5 Å². The van der Waals surface area contributed by atoms with Crippen LogP contribution in [0.3, 0.4) is 0 Å². The molecule has 1 rings (SSSR count). The van der Waals surface area contributed by atoms with E-state index in [-0.39, 0.29) is 24.7 Å². The second kappa shape index (κ2) is 6.13. The largest absolute Gasteiger partial charge is 0.480 e. The fourth-order valence-corrected chi connectivity index (χ4v) is 1.43. The summed E-state index contributed by atoms with van der Waals surface area (Å²) in [4.78, 5) is 33.8. The van der Waals surface area contributed by atoms with Gasteiger partial charge in [0.15, 0.2) is 5.69 Å². The van der Waals surface area contributed by atoms with Crippen molar-refractivity contribution >= 4 is 17.8 Å². The smallest absolute Gasteiger partial charge is 0.325 e. The van der Waals surface area contributed by atoms with Crippen LogP contribution in [0, 0.1) is 5.41 Å². The highest BCUT2D eigenvalue weighted by Crippen LogP contribution is 2.13. The first-order valence-electron chi connectivity index (χ1n) is 5.88. The zero-order valence-electron chi connectivity index (χ0n) is 11.5. The lowest BCUT2D eigenvalue weighted by molar-refractivity contribution is -0.138. The van der Waals surface area contributed by atoms with Crippen LogP contribution in [0.1, 0.15) is 24.3 Å². The fraction of sp³-hybridized carbons (Fsp3) is 0.545. The van der Waals surface area contributed by atoms with Crippen LogP contribution >= 0.6 is 0 Å². The Labute approximate surface area is 115 Å². The van der Waals surface area contributed by atoms with Gasteiger partial charge < -0.3 is 15.7 Å². The van der Waals surface area contributed by atoms with Gasteiger partial charge in [-0.25, -0.2) is 4.68 Å². The molecule has 0 unspecified atom stereocenters. The molecule has 1 aromatic heterocycles. The van der Waals surface area contributed by atoms with E-state index in [0.29, 0.717) is 0 Å². The van der Waals surface area contributed by atoms with Gasteiger partial charge in [0, 0.05) is 13.6 Å². The van der Waals surface area contributed by atoms with Crippen LogP contribution in [-0.2, 0) is 16.1 Å². The van der Waals surface area contributed by atoms with Crippen molar-refractivity contribution in [2.45, 2.75) is 20.4 Å². The Kier molecular flexibility index (Phi) is 4.78. The third kappa shape index (κ3) is 4.04. The van der Waals surface area contributed by atoms with Gasteiger partial charge in [0.2, 0.25) is 5.91 Å². The van der Waals surface area contributed by atoms with E-state index in [1.807, 2.05) is 0 Å². The number of aromatic nitrogens is 3. The van der Waals surface area contributed by atoms with E-state index >= 15 is 0 Å². The molecule has 110 valence electrons. The number of carboxylic acids is 1. The Morgan fingerprint density at radius 2 is 2.05 bits per heavy atom. The zero-order chi connectivity index (χ0) is 15.3. The predicted octanol–water partition coefficient (Wildman–Crippen LogP) is -1.14. The van der Waals surface area contributed by atoms with Crippen LogP contribution in [0.2, 0.25) is 0 Å². The highest BCUT2D eigenvalue weighted by molar-refractivity contribution is 5.92. The summed E-state index contributed by atoms with van der Waals surface area (Å²) in [5, 5.41) is 20.7. The number of carbonyl (C=O) groups is 3. The van der Waals surface area contributed by atoms with Crippen molar-refractivity contribution < 1.29 is 19.5 Å². The molecule has 20 heavy (non-hydrogen) atoms. The van der Waals surface area contributed by atoms with Crippen LogP contribution in [0.15, 0.2) is 6.20 Å². The summed E-state index contributed by atoms with van der Waals surface area (Å²) in [7, 11) is 1.52. The lowest BCUT2D eigenvalue weighted by Crippen LogP contribution is -2.43. The van der Waals surface area contributed by atoms with Crippen molar-refractivity contribution in [1.29, 1.82) is 0 Å². The third-order valence-electron chi connectivity index (χ3n) is 2.60.